The Morgan fingerprint density at radius 1 is 1.32 bits per heavy atom. The van der Waals surface area contributed by atoms with Crippen LogP contribution in [0.15, 0.2) is 36.5 Å². The summed E-state index contributed by atoms with van der Waals surface area (Å²) < 4.78 is 4.72. The van der Waals surface area contributed by atoms with Crippen molar-refractivity contribution in [2.45, 2.75) is 12.3 Å². The van der Waals surface area contributed by atoms with E-state index in [9.17, 15) is 4.79 Å². The molecule has 0 unspecified atom stereocenters. The Bertz CT molecular complexity index is 829. The number of nitrogens with zero attached hydrogens (tertiary/aromatic N) is 2. The molecule has 0 radical (unpaired) electrons. The van der Waals surface area contributed by atoms with Crippen LogP contribution in [-0.4, -0.2) is 28.0 Å². The van der Waals surface area contributed by atoms with Gasteiger partial charge in [-0.15, -0.1) is 11.6 Å². The van der Waals surface area contributed by atoms with E-state index in [2.05, 4.69) is 15.0 Å². The number of carbonyl (C=O) groups is 1. The van der Waals surface area contributed by atoms with Gasteiger partial charge in [0.15, 0.2) is 0 Å². The van der Waals surface area contributed by atoms with Gasteiger partial charge in [-0.2, -0.15) is 0 Å². The monoisotopic (exact) mass is 315 g/mol. The van der Waals surface area contributed by atoms with Crippen LogP contribution in [0.1, 0.15) is 27.4 Å². The van der Waals surface area contributed by atoms with Gasteiger partial charge < -0.3 is 9.72 Å². The van der Waals surface area contributed by atoms with Crippen LogP contribution >= 0.6 is 11.6 Å². The fourth-order valence-electron chi connectivity index (χ4n) is 2.27. The number of pyridine rings is 1. The first-order valence-corrected chi connectivity index (χ1v) is 7.30. The number of nitrogens with one attached hydrogen (secondary N) is 1. The first kappa shape index (κ1) is 14.5. The minimum atomic E-state index is -0.366. The third kappa shape index (κ3) is 2.94. The number of benzene rings is 1. The molecule has 0 amide bonds. The summed E-state index contributed by atoms with van der Waals surface area (Å²) in [6.45, 7) is 0. The molecule has 0 saturated heterocycles. The predicted molar refractivity (Wildman–Crippen MR) is 84.0 cm³/mol. The zero-order valence-corrected chi connectivity index (χ0v) is 12.7. The van der Waals surface area contributed by atoms with E-state index >= 15 is 0 Å². The molecule has 1 aromatic carbocycles. The van der Waals surface area contributed by atoms with Crippen LogP contribution in [0.4, 0.5) is 0 Å². The number of fused-ring (bicyclic) bond motifs is 1. The lowest BCUT2D eigenvalue weighted by Gasteiger charge is -1.99. The summed E-state index contributed by atoms with van der Waals surface area (Å²) in [6.07, 6.45) is 2.32. The maximum atomic E-state index is 11.5. The normalized spacial score (nSPS) is 10.8. The number of methoxy groups -OCH3 is 1. The summed E-state index contributed by atoms with van der Waals surface area (Å²) in [5.41, 5.74) is 4.01. The van der Waals surface area contributed by atoms with E-state index < -0.39 is 0 Å². The number of hydrogen-bond donors (Lipinski definition) is 1. The van der Waals surface area contributed by atoms with Gasteiger partial charge in [-0.3, -0.25) is 4.98 Å². The van der Waals surface area contributed by atoms with Crippen molar-refractivity contribution in [3.63, 3.8) is 0 Å². The Morgan fingerprint density at radius 3 is 2.95 bits per heavy atom. The van der Waals surface area contributed by atoms with Crippen molar-refractivity contribution >= 4 is 28.6 Å². The number of alkyl halides is 1. The van der Waals surface area contributed by atoms with Crippen molar-refractivity contribution in [3.8, 4) is 0 Å². The number of rotatable bonds is 4. The van der Waals surface area contributed by atoms with E-state index in [1.807, 2.05) is 12.1 Å². The van der Waals surface area contributed by atoms with Gasteiger partial charge in [-0.1, -0.05) is 0 Å². The molecule has 2 heterocycles. The second-order valence-corrected chi connectivity index (χ2v) is 5.14. The number of H-pyrrole nitrogens is 1. The highest BCUT2D eigenvalue weighted by atomic mass is 35.5. The molecule has 1 N–H and O–H groups in total. The summed E-state index contributed by atoms with van der Waals surface area (Å²) in [5.74, 6) is 0.878. The zero-order chi connectivity index (χ0) is 15.5. The van der Waals surface area contributed by atoms with E-state index in [1.54, 1.807) is 24.4 Å². The molecule has 0 spiro atoms. The standard InChI is InChI=1S/C16H14ClN3O2/c1-22-16(21)11-2-3-13-14(7-11)20-15(19-13)8-12-6-10(9-17)4-5-18-12/h2-7H,8-9H2,1H3,(H,19,20). The van der Waals surface area contributed by atoms with E-state index in [1.165, 1.54) is 7.11 Å². The summed E-state index contributed by atoms with van der Waals surface area (Å²) in [7, 11) is 1.36. The quantitative estimate of drug-likeness (QED) is 0.593. The van der Waals surface area contributed by atoms with Gasteiger partial charge in [-0.25, -0.2) is 9.78 Å². The lowest BCUT2D eigenvalue weighted by molar-refractivity contribution is 0.0601. The molecule has 0 aliphatic rings. The third-order valence-corrected chi connectivity index (χ3v) is 3.64. The molecule has 0 bridgehead atoms. The van der Waals surface area contributed by atoms with Gasteiger partial charge >= 0.3 is 5.97 Å². The van der Waals surface area contributed by atoms with Crippen LogP contribution in [0.5, 0.6) is 0 Å². The first-order valence-electron chi connectivity index (χ1n) is 6.76. The van der Waals surface area contributed by atoms with Gasteiger partial charge in [-0.05, 0) is 35.9 Å². The molecule has 0 aliphatic heterocycles. The molecule has 3 rings (SSSR count). The van der Waals surface area contributed by atoms with Crippen LogP contribution < -0.4 is 0 Å². The third-order valence-electron chi connectivity index (χ3n) is 3.34. The minimum absolute atomic E-state index is 0.366. The Hall–Kier alpha value is -2.40. The van der Waals surface area contributed by atoms with Crippen LogP contribution in [-0.2, 0) is 17.0 Å². The predicted octanol–water partition coefficient (Wildman–Crippen LogP) is 3.07. The van der Waals surface area contributed by atoms with Crippen LogP contribution in [0.2, 0.25) is 0 Å². The maximum absolute atomic E-state index is 11.5. The van der Waals surface area contributed by atoms with Gasteiger partial charge in [0.05, 0.1) is 23.7 Å². The molecule has 0 aliphatic carbocycles. The van der Waals surface area contributed by atoms with Gasteiger partial charge in [0, 0.05) is 24.2 Å². The second-order valence-electron chi connectivity index (χ2n) is 4.87. The van der Waals surface area contributed by atoms with Crippen molar-refractivity contribution in [2.75, 3.05) is 7.11 Å². The summed E-state index contributed by atoms with van der Waals surface area (Å²) >= 11 is 5.83. The van der Waals surface area contributed by atoms with Crippen LogP contribution in [0, 0.1) is 0 Å². The summed E-state index contributed by atoms with van der Waals surface area (Å²) in [5, 5.41) is 0. The SMILES string of the molecule is COC(=O)c1ccc2nc(Cc3cc(CCl)ccn3)[nH]c2c1. The second kappa shape index (κ2) is 6.15. The van der Waals surface area contributed by atoms with Crippen LogP contribution in [0.25, 0.3) is 11.0 Å². The van der Waals surface area contributed by atoms with E-state index in [4.69, 9.17) is 16.3 Å². The van der Waals surface area contributed by atoms with Gasteiger partial charge in [0.1, 0.15) is 5.82 Å². The molecular formula is C16H14ClN3O2. The molecule has 22 heavy (non-hydrogen) atoms. The number of aromatic nitrogens is 3. The molecule has 2 aromatic heterocycles. The fraction of sp³-hybridized carbons (Fsp3) is 0.188. The molecule has 3 aromatic rings. The number of aromatic amines is 1. The Balaban J connectivity index is 1.89. The Kier molecular flexibility index (Phi) is 4.06. The van der Waals surface area contributed by atoms with E-state index in [0.717, 1.165) is 28.1 Å². The number of ether oxygens (including phenoxy) is 1. The number of esters is 1. The Labute approximate surface area is 132 Å². The lowest BCUT2D eigenvalue weighted by Crippen LogP contribution is -2.00. The van der Waals surface area contributed by atoms with Crippen molar-refractivity contribution < 1.29 is 9.53 Å². The smallest absolute Gasteiger partial charge is 0.337 e. The van der Waals surface area contributed by atoms with Crippen molar-refractivity contribution in [3.05, 3.63) is 59.2 Å². The number of hydrogen-bond acceptors (Lipinski definition) is 4. The van der Waals surface area contributed by atoms with Crippen molar-refractivity contribution in [2.24, 2.45) is 0 Å². The van der Waals surface area contributed by atoms with Gasteiger partial charge in [0.2, 0.25) is 0 Å². The maximum Gasteiger partial charge on any atom is 0.337 e. The molecule has 6 heteroatoms. The van der Waals surface area contributed by atoms with Gasteiger partial charge in [0.25, 0.3) is 0 Å². The number of halogens is 1. The first-order chi connectivity index (χ1) is 10.7. The average molecular weight is 316 g/mol. The topological polar surface area (TPSA) is 67.9 Å². The summed E-state index contributed by atoms with van der Waals surface area (Å²) in [4.78, 5) is 23.6. The van der Waals surface area contributed by atoms with Crippen LogP contribution in [0.3, 0.4) is 0 Å². The fourth-order valence-corrected chi connectivity index (χ4v) is 2.44. The lowest BCUT2D eigenvalue weighted by atomic mass is 10.2. The highest BCUT2D eigenvalue weighted by Crippen LogP contribution is 2.16. The highest BCUT2D eigenvalue weighted by Gasteiger charge is 2.10. The van der Waals surface area contributed by atoms with E-state index in [0.29, 0.717) is 17.9 Å². The molecule has 0 fully saturated rings. The largest absolute Gasteiger partial charge is 0.465 e. The number of imidazole rings is 1. The minimum Gasteiger partial charge on any atom is -0.465 e. The molecule has 112 valence electrons. The van der Waals surface area contributed by atoms with Crippen molar-refractivity contribution in [1.29, 1.82) is 0 Å². The molecular weight excluding hydrogens is 302 g/mol. The van der Waals surface area contributed by atoms with Crippen molar-refractivity contribution in [1.82, 2.24) is 15.0 Å². The number of carbonyl (C=O) groups excluding carboxylic acids is 1. The molecule has 5 nitrogen and oxygen atoms in total. The van der Waals surface area contributed by atoms with E-state index in [-0.39, 0.29) is 5.97 Å². The Morgan fingerprint density at radius 2 is 2.18 bits per heavy atom. The zero-order valence-electron chi connectivity index (χ0n) is 12.0. The highest BCUT2D eigenvalue weighted by molar-refractivity contribution is 6.17. The molecule has 0 atom stereocenters. The summed E-state index contributed by atoms with van der Waals surface area (Å²) in [6, 6.07) is 9.08. The molecule has 0 saturated carbocycles. The average Bonchev–Trinajstić information content (AvgIpc) is 2.95.